The highest BCUT2D eigenvalue weighted by atomic mass is 16.4. The Morgan fingerprint density at radius 1 is 1.28 bits per heavy atom. The fraction of sp³-hybridized carbons (Fsp3) is 0.750. The summed E-state index contributed by atoms with van der Waals surface area (Å²) in [5, 5.41) is 12.0. The lowest BCUT2D eigenvalue weighted by molar-refractivity contribution is -0.154. The summed E-state index contributed by atoms with van der Waals surface area (Å²) < 4.78 is 0. The maximum absolute atomic E-state index is 12.5. The molecule has 0 spiro atoms. The lowest BCUT2D eigenvalue weighted by atomic mass is 10.0. The smallest absolute Gasteiger partial charge is 0.319 e. The van der Waals surface area contributed by atoms with Gasteiger partial charge in [0.2, 0.25) is 11.8 Å². The minimum Gasteiger partial charge on any atom is -0.480 e. The van der Waals surface area contributed by atoms with Crippen molar-refractivity contribution in [3.8, 4) is 0 Å². The van der Waals surface area contributed by atoms with Crippen LogP contribution in [0.4, 0.5) is 0 Å². The summed E-state index contributed by atoms with van der Waals surface area (Å²) in [6.45, 7) is 0.455. The molecule has 3 rings (SSSR count). The summed E-state index contributed by atoms with van der Waals surface area (Å²) in [4.78, 5) is 36.8. The average Bonchev–Trinajstić information content (AvgIpc) is 3.04. The Morgan fingerprint density at radius 3 is 2.56 bits per heavy atom. The zero-order valence-corrected chi connectivity index (χ0v) is 10.0. The number of carbonyl (C=O) groups is 3. The number of hydrogen-bond donors (Lipinski definition) is 2. The van der Waals surface area contributed by atoms with Gasteiger partial charge in [0, 0.05) is 25.0 Å². The second-order valence-electron chi connectivity index (χ2n) is 5.49. The number of carbonyl (C=O) groups excluding carboxylic acids is 2. The molecule has 3 aliphatic rings. The maximum atomic E-state index is 12.5. The molecule has 98 valence electrons. The number of rotatable bonds is 2. The van der Waals surface area contributed by atoms with Crippen molar-refractivity contribution in [1.29, 1.82) is 0 Å². The molecule has 2 amide bonds. The number of nitrogens with one attached hydrogen (secondary N) is 1. The monoisotopic (exact) mass is 252 g/mol. The van der Waals surface area contributed by atoms with Crippen molar-refractivity contribution in [2.45, 2.75) is 44.2 Å². The molecule has 0 aromatic carbocycles. The number of fused-ring (bicyclic) bond motifs is 2. The van der Waals surface area contributed by atoms with Crippen molar-refractivity contribution >= 4 is 17.8 Å². The van der Waals surface area contributed by atoms with Crippen LogP contribution >= 0.6 is 0 Å². The van der Waals surface area contributed by atoms with Crippen LogP contribution in [0, 0.1) is 5.41 Å². The Hall–Kier alpha value is -1.59. The Kier molecular flexibility index (Phi) is 2.36. The summed E-state index contributed by atoms with van der Waals surface area (Å²) in [6.07, 6.45) is 2.82. The van der Waals surface area contributed by atoms with Gasteiger partial charge in [0.1, 0.15) is 5.41 Å². The highest BCUT2D eigenvalue weighted by Crippen LogP contribution is 2.49. The molecule has 3 fully saturated rings. The first-order valence-electron chi connectivity index (χ1n) is 6.37. The van der Waals surface area contributed by atoms with E-state index in [9.17, 15) is 19.5 Å². The predicted molar refractivity (Wildman–Crippen MR) is 60.6 cm³/mol. The molecule has 0 radical (unpaired) electrons. The van der Waals surface area contributed by atoms with E-state index < -0.39 is 11.4 Å². The molecule has 18 heavy (non-hydrogen) atoms. The topological polar surface area (TPSA) is 86.7 Å². The Labute approximate surface area is 104 Å². The van der Waals surface area contributed by atoms with Crippen molar-refractivity contribution in [2.24, 2.45) is 5.41 Å². The molecular weight excluding hydrogens is 236 g/mol. The molecule has 2 atom stereocenters. The summed E-state index contributed by atoms with van der Waals surface area (Å²) in [7, 11) is 0. The molecule has 0 aromatic rings. The van der Waals surface area contributed by atoms with Crippen LogP contribution in [0.3, 0.4) is 0 Å². The van der Waals surface area contributed by atoms with E-state index in [0.29, 0.717) is 25.8 Å². The van der Waals surface area contributed by atoms with Crippen LogP contribution in [0.15, 0.2) is 0 Å². The zero-order valence-electron chi connectivity index (χ0n) is 10.0. The van der Waals surface area contributed by atoms with E-state index in [-0.39, 0.29) is 23.9 Å². The Morgan fingerprint density at radius 2 is 1.94 bits per heavy atom. The van der Waals surface area contributed by atoms with E-state index in [4.69, 9.17) is 0 Å². The molecule has 2 unspecified atom stereocenters. The summed E-state index contributed by atoms with van der Waals surface area (Å²) in [6, 6.07) is -0.132. The minimum absolute atomic E-state index is 0.0224. The van der Waals surface area contributed by atoms with E-state index >= 15 is 0 Å². The maximum Gasteiger partial charge on any atom is 0.319 e. The van der Waals surface area contributed by atoms with E-state index in [1.54, 1.807) is 4.90 Å². The van der Waals surface area contributed by atoms with Crippen molar-refractivity contribution in [2.75, 3.05) is 6.54 Å². The van der Waals surface area contributed by atoms with Crippen molar-refractivity contribution in [3.63, 3.8) is 0 Å². The average molecular weight is 252 g/mol. The van der Waals surface area contributed by atoms with E-state index in [1.807, 2.05) is 0 Å². The highest BCUT2D eigenvalue weighted by Gasteiger charge is 2.61. The first-order chi connectivity index (χ1) is 8.54. The second-order valence-corrected chi connectivity index (χ2v) is 5.49. The molecule has 1 saturated carbocycles. The van der Waals surface area contributed by atoms with Crippen LogP contribution in [0.2, 0.25) is 0 Å². The van der Waals surface area contributed by atoms with Gasteiger partial charge in [-0.3, -0.25) is 14.4 Å². The van der Waals surface area contributed by atoms with Gasteiger partial charge in [0.05, 0.1) is 0 Å². The first-order valence-corrected chi connectivity index (χ1v) is 6.37. The summed E-state index contributed by atoms with van der Waals surface area (Å²) in [5.41, 5.74) is -1.19. The molecule has 1 aliphatic carbocycles. The molecule has 2 aliphatic heterocycles. The molecular formula is C12H16N2O4. The van der Waals surface area contributed by atoms with Gasteiger partial charge in [0.25, 0.3) is 0 Å². The van der Waals surface area contributed by atoms with Crippen molar-refractivity contribution < 1.29 is 19.5 Å². The normalized spacial score (nSPS) is 32.7. The zero-order chi connectivity index (χ0) is 12.9. The molecule has 6 heteroatoms. The first kappa shape index (κ1) is 11.5. The Balaban J connectivity index is 1.86. The fourth-order valence-corrected chi connectivity index (χ4v) is 3.10. The van der Waals surface area contributed by atoms with Gasteiger partial charge in [-0.05, 0) is 25.7 Å². The van der Waals surface area contributed by atoms with Crippen LogP contribution in [0.25, 0.3) is 0 Å². The predicted octanol–water partition coefficient (Wildman–Crippen LogP) is -0.269. The third kappa shape index (κ3) is 1.51. The fourth-order valence-electron chi connectivity index (χ4n) is 3.10. The van der Waals surface area contributed by atoms with Gasteiger partial charge in [-0.25, -0.2) is 0 Å². The van der Waals surface area contributed by atoms with Gasteiger partial charge in [-0.1, -0.05) is 0 Å². The number of hydrogen-bond acceptors (Lipinski definition) is 3. The molecule has 6 nitrogen and oxygen atoms in total. The van der Waals surface area contributed by atoms with E-state index in [2.05, 4.69) is 5.32 Å². The van der Waals surface area contributed by atoms with E-state index in [1.165, 1.54) is 0 Å². The molecule has 0 aromatic heterocycles. The summed E-state index contributed by atoms with van der Waals surface area (Å²) in [5.74, 6) is -1.34. The number of carboxylic acids is 1. The van der Waals surface area contributed by atoms with Gasteiger partial charge >= 0.3 is 5.97 Å². The molecule has 2 heterocycles. The van der Waals surface area contributed by atoms with Crippen LogP contribution in [0.5, 0.6) is 0 Å². The molecule has 2 bridgehead atoms. The standard InChI is InChI=1S/C12H16N2O4/c15-9-5-7-1-2-8(6-13-9)14(7)10(16)12(3-4-12)11(17)18/h7-8H,1-6H2,(H,13,15)(H,17,18). The number of nitrogens with zero attached hydrogens (tertiary/aromatic N) is 1. The van der Waals surface area contributed by atoms with Gasteiger partial charge in [0.15, 0.2) is 0 Å². The number of amides is 2. The summed E-state index contributed by atoms with van der Waals surface area (Å²) >= 11 is 0. The van der Waals surface area contributed by atoms with Crippen LogP contribution < -0.4 is 5.32 Å². The van der Waals surface area contributed by atoms with Gasteiger partial charge < -0.3 is 15.3 Å². The molecule has 2 saturated heterocycles. The van der Waals surface area contributed by atoms with E-state index in [0.717, 1.165) is 12.8 Å². The third-order valence-electron chi connectivity index (χ3n) is 4.38. The third-order valence-corrected chi connectivity index (χ3v) is 4.38. The van der Waals surface area contributed by atoms with Crippen molar-refractivity contribution in [1.82, 2.24) is 10.2 Å². The lowest BCUT2D eigenvalue weighted by Crippen LogP contribution is -2.48. The molecule has 2 N–H and O–H groups in total. The van der Waals surface area contributed by atoms with Gasteiger partial charge in [-0.2, -0.15) is 0 Å². The van der Waals surface area contributed by atoms with Crippen LogP contribution in [0.1, 0.15) is 32.1 Å². The Bertz CT molecular complexity index is 430. The highest BCUT2D eigenvalue weighted by molar-refractivity contribution is 6.05. The SMILES string of the molecule is O=C1CC2CCC(CN1)N2C(=O)C1(C(=O)O)CC1. The van der Waals surface area contributed by atoms with Gasteiger partial charge in [-0.15, -0.1) is 0 Å². The number of carboxylic acid groups (broad SMARTS) is 1. The lowest BCUT2D eigenvalue weighted by Gasteiger charge is -2.30. The second kappa shape index (κ2) is 3.70. The van der Waals surface area contributed by atoms with Crippen LogP contribution in [-0.4, -0.2) is 46.4 Å². The van der Waals surface area contributed by atoms with Crippen LogP contribution in [-0.2, 0) is 14.4 Å². The quantitative estimate of drug-likeness (QED) is 0.662. The largest absolute Gasteiger partial charge is 0.480 e. The number of aliphatic carboxylic acids is 1. The minimum atomic E-state index is -1.19. The van der Waals surface area contributed by atoms with Crippen molar-refractivity contribution in [3.05, 3.63) is 0 Å².